The van der Waals surface area contributed by atoms with Crippen LogP contribution in [0.2, 0.25) is 24.2 Å². The van der Waals surface area contributed by atoms with Crippen molar-refractivity contribution in [2.45, 2.75) is 140 Å². The summed E-state index contributed by atoms with van der Waals surface area (Å²) in [6.45, 7) is 13.6. The average Bonchev–Trinajstić information content (AvgIpc) is 3.80. The molecule has 4 rings (SSSR count). The van der Waals surface area contributed by atoms with Crippen molar-refractivity contribution in [3.63, 3.8) is 0 Å². The largest absolute Gasteiger partial charge is 0.370 e. The van der Waals surface area contributed by atoms with Crippen LogP contribution in [0.1, 0.15) is 79.6 Å². The molecule has 0 bridgehead atoms. The fraction of sp³-hybridized carbons (Fsp3) is 1.00. The normalized spacial score (nSPS) is 31.5. The van der Waals surface area contributed by atoms with Gasteiger partial charge in [0.2, 0.25) is 0 Å². The Labute approximate surface area is 225 Å². The number of hydrogen-bond acceptors (Lipinski definition) is 6. The summed E-state index contributed by atoms with van der Waals surface area (Å²) in [4.78, 5) is 0. The topological polar surface area (TPSA) is 62.0 Å². The van der Waals surface area contributed by atoms with Gasteiger partial charge in [-0.05, 0) is 84.2 Å². The third-order valence-corrected chi connectivity index (χ3v) is 11.9. The molecule has 8 heteroatoms. The van der Waals surface area contributed by atoms with Crippen molar-refractivity contribution in [1.29, 1.82) is 0 Å². The van der Waals surface area contributed by atoms with E-state index in [0.29, 0.717) is 30.3 Å². The number of hydrogen-bond donors (Lipinski definition) is 0. The Morgan fingerprint density at radius 2 is 1.39 bits per heavy atom. The van der Waals surface area contributed by atoms with E-state index in [9.17, 15) is 0 Å². The van der Waals surface area contributed by atoms with Crippen LogP contribution in [0.25, 0.3) is 0 Å². The molecule has 2 saturated heterocycles. The van der Waals surface area contributed by atoms with Crippen molar-refractivity contribution in [2.24, 2.45) is 11.8 Å². The zero-order valence-corrected chi connectivity index (χ0v) is 26.8. The van der Waals surface area contributed by atoms with Gasteiger partial charge in [-0.2, -0.15) is 0 Å². The molecule has 0 amide bonds. The molecule has 2 heterocycles. The van der Waals surface area contributed by atoms with E-state index >= 15 is 0 Å². The second-order valence-corrected chi connectivity index (χ2v) is 15.2. The van der Waals surface area contributed by atoms with Gasteiger partial charge in [-0.3, -0.25) is 0 Å². The molecule has 0 radical (unpaired) electrons. The third kappa shape index (κ3) is 9.74. The van der Waals surface area contributed by atoms with Gasteiger partial charge < -0.3 is 28.4 Å². The van der Waals surface area contributed by atoms with E-state index in [2.05, 4.69) is 20.8 Å². The fourth-order valence-electron chi connectivity index (χ4n) is 6.42. The predicted molar refractivity (Wildman–Crippen MR) is 152 cm³/mol. The Balaban J connectivity index is 0.000000201. The molecule has 0 aromatic heterocycles. The molecule has 0 aromatic rings. The zero-order valence-electron chi connectivity index (χ0n) is 24.0. The van der Waals surface area contributed by atoms with Gasteiger partial charge in [-0.15, -0.1) is 0 Å². The van der Waals surface area contributed by atoms with Gasteiger partial charge in [0, 0.05) is 51.4 Å². The first kappa shape index (κ1) is 30.7. The summed E-state index contributed by atoms with van der Waals surface area (Å²) >= 11 is 0. The van der Waals surface area contributed by atoms with E-state index in [1.54, 1.807) is 0 Å². The van der Waals surface area contributed by atoms with Gasteiger partial charge in [0.15, 0.2) is 12.1 Å². The SMILES string of the molecule is CCOC(C[SiH2]CC)(OCC)C1CCC2OC2C1.CCOC(C[SiH2]CCC1CCC2OC2C1)OCC. The molecule has 6 unspecified atom stereocenters. The minimum Gasteiger partial charge on any atom is -0.370 e. The Bertz CT molecular complexity index is 580. The van der Waals surface area contributed by atoms with E-state index in [4.69, 9.17) is 28.4 Å². The first-order valence-electron chi connectivity index (χ1n) is 15.4. The summed E-state index contributed by atoms with van der Waals surface area (Å²) in [6, 6.07) is 5.11. The maximum Gasteiger partial charge on any atom is 0.168 e. The summed E-state index contributed by atoms with van der Waals surface area (Å²) in [5, 5.41) is 0. The summed E-state index contributed by atoms with van der Waals surface area (Å²) in [7, 11) is -0.0781. The molecular weight excluding hydrogens is 488 g/mol. The van der Waals surface area contributed by atoms with Gasteiger partial charge >= 0.3 is 0 Å². The maximum atomic E-state index is 6.14. The zero-order chi connectivity index (χ0) is 25.8. The Hall–Kier alpha value is 0.194. The van der Waals surface area contributed by atoms with Gasteiger partial charge in [0.1, 0.15) is 0 Å². The molecule has 4 fully saturated rings. The minimum absolute atomic E-state index is 0.0159. The van der Waals surface area contributed by atoms with Gasteiger partial charge in [-0.1, -0.05) is 25.4 Å². The lowest BCUT2D eigenvalue weighted by molar-refractivity contribution is -0.255. The molecule has 6 nitrogen and oxygen atoms in total. The summed E-state index contributed by atoms with van der Waals surface area (Å²) < 4.78 is 34.7. The van der Waals surface area contributed by atoms with Crippen molar-refractivity contribution in [3.8, 4) is 0 Å². The van der Waals surface area contributed by atoms with Crippen molar-refractivity contribution < 1.29 is 28.4 Å². The molecule has 0 spiro atoms. The van der Waals surface area contributed by atoms with Crippen LogP contribution in [0, 0.1) is 11.8 Å². The monoisotopic (exact) mass is 544 g/mol. The van der Waals surface area contributed by atoms with Crippen LogP contribution in [0.3, 0.4) is 0 Å². The smallest absolute Gasteiger partial charge is 0.168 e. The van der Waals surface area contributed by atoms with Crippen LogP contribution in [-0.4, -0.2) is 82.0 Å². The van der Waals surface area contributed by atoms with E-state index in [1.165, 1.54) is 56.7 Å². The maximum absolute atomic E-state index is 6.14. The Morgan fingerprint density at radius 3 is 1.94 bits per heavy atom. The van der Waals surface area contributed by atoms with Crippen molar-refractivity contribution >= 4 is 19.0 Å². The molecule has 4 aliphatic rings. The van der Waals surface area contributed by atoms with E-state index in [0.717, 1.165) is 44.8 Å². The molecular formula is C28H56O6Si2. The quantitative estimate of drug-likeness (QED) is 0.115. The molecule has 2 aliphatic carbocycles. The molecule has 212 valence electrons. The second-order valence-electron chi connectivity index (χ2n) is 11.0. The number of ether oxygens (including phenoxy) is 6. The highest BCUT2D eigenvalue weighted by Gasteiger charge is 2.51. The van der Waals surface area contributed by atoms with E-state index in [-0.39, 0.29) is 31.1 Å². The van der Waals surface area contributed by atoms with Crippen LogP contribution in [0.5, 0.6) is 0 Å². The van der Waals surface area contributed by atoms with Gasteiger partial charge in [0.25, 0.3) is 0 Å². The highest BCUT2D eigenvalue weighted by molar-refractivity contribution is 6.35. The van der Waals surface area contributed by atoms with Crippen LogP contribution >= 0.6 is 0 Å². The lowest BCUT2D eigenvalue weighted by Crippen LogP contribution is -2.46. The van der Waals surface area contributed by atoms with Gasteiger partial charge in [0.05, 0.1) is 24.4 Å². The summed E-state index contributed by atoms with van der Waals surface area (Å²) in [5.74, 6) is 1.20. The van der Waals surface area contributed by atoms with Crippen molar-refractivity contribution in [3.05, 3.63) is 0 Å². The van der Waals surface area contributed by atoms with Crippen LogP contribution < -0.4 is 0 Å². The summed E-state index contributed by atoms with van der Waals surface area (Å²) in [5.41, 5.74) is 0. The molecule has 6 atom stereocenters. The Morgan fingerprint density at radius 1 is 0.750 bits per heavy atom. The van der Waals surface area contributed by atoms with E-state index in [1.807, 2.05) is 13.8 Å². The lowest BCUT2D eigenvalue weighted by Gasteiger charge is -2.41. The first-order chi connectivity index (χ1) is 17.6. The van der Waals surface area contributed by atoms with Gasteiger partial charge in [-0.25, -0.2) is 0 Å². The number of epoxide rings is 2. The highest BCUT2D eigenvalue weighted by atomic mass is 28.2. The van der Waals surface area contributed by atoms with E-state index < -0.39 is 0 Å². The standard InChI is InChI=1S/2C14H28O3Si/c1-4-15-14(16-5-2,10-18-6-3)11-7-8-12-13(9-11)17-12;1-3-15-14(16-4-2)10-18-8-7-11-5-6-12-13(9-11)17-12/h11-13H,4-10,18H2,1-3H3;11-14H,3-10,18H2,1-2H3. The molecule has 2 aliphatic heterocycles. The fourth-order valence-corrected chi connectivity index (χ4v) is 9.79. The minimum atomic E-state index is -0.289. The molecule has 0 N–H and O–H groups in total. The van der Waals surface area contributed by atoms with Crippen molar-refractivity contribution in [1.82, 2.24) is 0 Å². The second kappa shape index (κ2) is 16.3. The molecule has 0 aromatic carbocycles. The number of fused-ring (bicyclic) bond motifs is 2. The van der Waals surface area contributed by atoms with Crippen LogP contribution in [-0.2, 0) is 28.4 Å². The first-order valence-corrected chi connectivity index (χ1v) is 19.4. The lowest BCUT2D eigenvalue weighted by atomic mass is 9.83. The Kier molecular flexibility index (Phi) is 13.9. The van der Waals surface area contributed by atoms with Crippen LogP contribution in [0.4, 0.5) is 0 Å². The molecule has 2 saturated carbocycles. The molecule has 36 heavy (non-hydrogen) atoms. The van der Waals surface area contributed by atoms with Crippen molar-refractivity contribution in [2.75, 3.05) is 26.4 Å². The average molecular weight is 545 g/mol. The summed E-state index contributed by atoms with van der Waals surface area (Å²) in [6.07, 6.45) is 11.5. The predicted octanol–water partition coefficient (Wildman–Crippen LogP) is 4.70. The number of rotatable bonds is 17. The van der Waals surface area contributed by atoms with Crippen LogP contribution in [0.15, 0.2) is 0 Å². The highest BCUT2D eigenvalue weighted by Crippen LogP contribution is 2.46. The third-order valence-electron chi connectivity index (χ3n) is 8.40.